The number of alkyl halides is 2. The van der Waals surface area contributed by atoms with Crippen molar-refractivity contribution in [2.75, 3.05) is 0 Å². The number of fused-ring (bicyclic) bond motifs is 1. The molecule has 2 atom stereocenters. The fourth-order valence-electron chi connectivity index (χ4n) is 2.92. The van der Waals surface area contributed by atoms with Crippen molar-refractivity contribution in [1.82, 2.24) is 24.6 Å². The summed E-state index contributed by atoms with van der Waals surface area (Å²) in [6.07, 6.45) is 0.336. The molecule has 0 radical (unpaired) electrons. The molecule has 0 amide bonds. The van der Waals surface area contributed by atoms with E-state index in [4.69, 9.17) is 0 Å². The van der Waals surface area contributed by atoms with E-state index in [0.717, 1.165) is 0 Å². The summed E-state index contributed by atoms with van der Waals surface area (Å²) >= 11 is 0. The molecular weight excluding hydrogens is 334 g/mol. The Morgan fingerprint density at radius 1 is 1.40 bits per heavy atom. The van der Waals surface area contributed by atoms with Gasteiger partial charge in [0.25, 0.3) is 5.56 Å². The van der Waals surface area contributed by atoms with Gasteiger partial charge in [-0.2, -0.15) is 10.4 Å². The van der Waals surface area contributed by atoms with Gasteiger partial charge in [-0.3, -0.25) is 9.78 Å². The van der Waals surface area contributed by atoms with Gasteiger partial charge >= 0.3 is 5.69 Å². The Balaban J connectivity index is 1.96. The molecule has 1 aliphatic rings. The molecule has 4 rings (SSSR count). The van der Waals surface area contributed by atoms with Gasteiger partial charge in [-0.25, -0.2) is 23.1 Å². The minimum absolute atomic E-state index is 0.0644. The van der Waals surface area contributed by atoms with E-state index in [1.165, 1.54) is 23.0 Å². The topological polar surface area (TPSA) is 120 Å². The lowest BCUT2D eigenvalue weighted by Crippen LogP contribution is -2.23. The quantitative estimate of drug-likeness (QED) is 0.735. The zero-order valence-electron chi connectivity index (χ0n) is 12.5. The maximum atomic E-state index is 13.0. The molecule has 1 saturated carbocycles. The Morgan fingerprint density at radius 2 is 2.20 bits per heavy atom. The minimum atomic E-state index is -2.46. The standard InChI is InChI=1S/C15H10F2N6O2/c16-12(17)8-1-7(8)9-2-11(10-5-20-15(25)21-14(10)24)22-23-6(3-18)4-19-13(9)23/h2,4-5,7-8,12H,1H2,(H2,20,21,24,25)/t7-,8-/m0/s1. The van der Waals surface area contributed by atoms with E-state index in [2.05, 4.69) is 20.1 Å². The predicted octanol–water partition coefficient (Wildman–Crippen LogP) is 1.01. The second-order valence-corrected chi connectivity index (χ2v) is 5.80. The third kappa shape index (κ3) is 2.40. The maximum absolute atomic E-state index is 13.0. The molecule has 0 spiro atoms. The number of rotatable bonds is 3. The van der Waals surface area contributed by atoms with Gasteiger partial charge in [-0.1, -0.05) is 0 Å². The van der Waals surface area contributed by atoms with E-state index >= 15 is 0 Å². The van der Waals surface area contributed by atoms with E-state index < -0.39 is 29.5 Å². The molecule has 3 aromatic rings. The normalized spacial score (nSPS) is 19.3. The van der Waals surface area contributed by atoms with E-state index in [-0.39, 0.29) is 17.0 Å². The molecule has 0 aromatic carbocycles. The second-order valence-electron chi connectivity index (χ2n) is 5.80. The molecule has 25 heavy (non-hydrogen) atoms. The van der Waals surface area contributed by atoms with Crippen molar-refractivity contribution >= 4 is 5.65 Å². The average molecular weight is 344 g/mol. The van der Waals surface area contributed by atoms with Crippen LogP contribution in [0.15, 0.2) is 28.0 Å². The lowest BCUT2D eigenvalue weighted by molar-refractivity contribution is 0.120. The molecule has 126 valence electrons. The molecule has 8 nitrogen and oxygen atoms in total. The van der Waals surface area contributed by atoms with Gasteiger partial charge in [-0.15, -0.1) is 0 Å². The Morgan fingerprint density at radius 3 is 2.84 bits per heavy atom. The number of halogens is 2. The molecule has 0 saturated heterocycles. The average Bonchev–Trinajstić information content (AvgIpc) is 3.27. The Bertz CT molecular complexity index is 1140. The van der Waals surface area contributed by atoms with Gasteiger partial charge in [0.2, 0.25) is 6.43 Å². The van der Waals surface area contributed by atoms with Crippen LogP contribution >= 0.6 is 0 Å². The number of H-pyrrole nitrogens is 2. The Labute approximate surface area is 137 Å². The number of hydrogen-bond acceptors (Lipinski definition) is 5. The predicted molar refractivity (Wildman–Crippen MR) is 81.2 cm³/mol. The first-order chi connectivity index (χ1) is 12.0. The summed E-state index contributed by atoms with van der Waals surface area (Å²) < 4.78 is 27.2. The molecule has 0 unspecified atom stereocenters. The SMILES string of the molecule is N#Cc1cnc2c([C@H]3C[C@@H]3C(F)F)cc(-c3c[nH]c(=O)[nH]c3=O)nn12. The maximum Gasteiger partial charge on any atom is 0.325 e. The lowest BCUT2D eigenvalue weighted by Gasteiger charge is -2.07. The summed E-state index contributed by atoms with van der Waals surface area (Å²) in [4.78, 5) is 31.7. The molecule has 10 heteroatoms. The van der Waals surface area contributed by atoms with Crippen LogP contribution in [0.3, 0.4) is 0 Å². The highest BCUT2D eigenvalue weighted by atomic mass is 19.3. The van der Waals surface area contributed by atoms with Crippen molar-refractivity contribution in [1.29, 1.82) is 5.26 Å². The van der Waals surface area contributed by atoms with Crippen LogP contribution in [0, 0.1) is 17.2 Å². The lowest BCUT2D eigenvalue weighted by atomic mass is 10.1. The van der Waals surface area contributed by atoms with Crippen LogP contribution in [0.25, 0.3) is 16.9 Å². The first kappa shape index (κ1) is 15.2. The first-order valence-electron chi connectivity index (χ1n) is 7.39. The third-order valence-corrected chi connectivity index (χ3v) is 4.27. The molecule has 1 fully saturated rings. The molecule has 2 N–H and O–H groups in total. The van der Waals surface area contributed by atoms with Crippen molar-refractivity contribution in [3.8, 4) is 17.3 Å². The van der Waals surface area contributed by atoms with E-state index in [1.54, 1.807) is 0 Å². The summed E-state index contributed by atoms with van der Waals surface area (Å²) in [6.45, 7) is 0. The largest absolute Gasteiger partial charge is 0.325 e. The molecule has 0 bridgehead atoms. The molecular formula is C15H10F2N6O2. The monoisotopic (exact) mass is 344 g/mol. The van der Waals surface area contributed by atoms with Gasteiger partial charge in [0.15, 0.2) is 11.3 Å². The number of imidazole rings is 1. The number of aromatic nitrogens is 5. The van der Waals surface area contributed by atoms with Gasteiger partial charge < -0.3 is 4.98 Å². The third-order valence-electron chi connectivity index (χ3n) is 4.27. The number of hydrogen-bond donors (Lipinski definition) is 2. The van der Waals surface area contributed by atoms with Crippen molar-refractivity contribution in [3.63, 3.8) is 0 Å². The van der Waals surface area contributed by atoms with E-state index in [9.17, 15) is 23.6 Å². The van der Waals surface area contributed by atoms with Gasteiger partial charge in [-0.05, 0) is 18.4 Å². The number of aromatic amines is 2. The molecule has 3 heterocycles. The van der Waals surface area contributed by atoms with Crippen molar-refractivity contribution in [3.05, 3.63) is 50.6 Å². The summed E-state index contributed by atoms with van der Waals surface area (Å²) in [5, 5.41) is 13.4. The number of nitrogens with zero attached hydrogens (tertiary/aromatic N) is 4. The second kappa shape index (κ2) is 5.34. The van der Waals surface area contributed by atoms with Crippen LogP contribution in [-0.2, 0) is 0 Å². The van der Waals surface area contributed by atoms with Crippen molar-refractivity contribution < 1.29 is 8.78 Å². The number of nitriles is 1. The Kier molecular flexibility index (Phi) is 3.24. The highest BCUT2D eigenvalue weighted by Gasteiger charge is 2.46. The van der Waals surface area contributed by atoms with Crippen LogP contribution < -0.4 is 11.2 Å². The van der Waals surface area contributed by atoms with Crippen LogP contribution in [0.2, 0.25) is 0 Å². The highest BCUT2D eigenvalue weighted by Crippen LogP contribution is 2.52. The van der Waals surface area contributed by atoms with Crippen LogP contribution in [-0.4, -0.2) is 31.0 Å². The zero-order chi connectivity index (χ0) is 17.7. The van der Waals surface area contributed by atoms with Crippen LogP contribution in [0.1, 0.15) is 23.6 Å². The first-order valence-corrected chi connectivity index (χ1v) is 7.39. The van der Waals surface area contributed by atoms with Crippen molar-refractivity contribution in [2.45, 2.75) is 18.8 Å². The molecule has 3 aromatic heterocycles. The smallest absolute Gasteiger partial charge is 0.313 e. The summed E-state index contributed by atoms with van der Waals surface area (Å²) in [5.41, 5.74) is -0.175. The minimum Gasteiger partial charge on any atom is -0.313 e. The van der Waals surface area contributed by atoms with Gasteiger partial charge in [0.1, 0.15) is 6.07 Å². The fraction of sp³-hybridized carbons (Fsp3) is 0.267. The summed E-state index contributed by atoms with van der Waals surface area (Å²) in [6, 6.07) is 3.43. The summed E-state index contributed by atoms with van der Waals surface area (Å²) in [5.74, 6) is -1.20. The molecule has 1 aliphatic carbocycles. The number of nitrogens with one attached hydrogen (secondary N) is 2. The molecule has 0 aliphatic heterocycles. The van der Waals surface area contributed by atoms with Crippen molar-refractivity contribution in [2.24, 2.45) is 5.92 Å². The van der Waals surface area contributed by atoms with Gasteiger partial charge in [0, 0.05) is 17.7 Å². The van der Waals surface area contributed by atoms with Crippen LogP contribution in [0.4, 0.5) is 8.78 Å². The van der Waals surface area contributed by atoms with Gasteiger partial charge in [0.05, 0.1) is 17.5 Å². The van der Waals surface area contributed by atoms with E-state index in [0.29, 0.717) is 17.6 Å². The zero-order valence-corrected chi connectivity index (χ0v) is 12.5. The van der Waals surface area contributed by atoms with E-state index in [1.807, 2.05) is 6.07 Å². The van der Waals surface area contributed by atoms with Crippen LogP contribution in [0.5, 0.6) is 0 Å². The highest BCUT2D eigenvalue weighted by molar-refractivity contribution is 5.63. The Hall–Kier alpha value is -3.35. The summed E-state index contributed by atoms with van der Waals surface area (Å²) in [7, 11) is 0. The fourth-order valence-corrected chi connectivity index (χ4v) is 2.92.